The largest absolute Gasteiger partial charge is 0.379 e. The number of amides is 2. The molecule has 0 spiro atoms. The first kappa shape index (κ1) is 20.5. The molecule has 8 nitrogen and oxygen atoms in total. The standard InChI is InChI=1S/C18H30N4O4/c1-4-7-25-9-10-26-8-6-21-12-15(19-20-21)13-22-17(23)11-16(18(22)24)14(3)5-2/h12,14,16H,4-11,13H2,1-3H3. The van der Waals surface area contributed by atoms with Gasteiger partial charge in [-0.2, -0.15) is 0 Å². The first-order chi connectivity index (χ1) is 12.6. The summed E-state index contributed by atoms with van der Waals surface area (Å²) in [6, 6.07) is 0. The molecule has 1 aliphatic rings. The van der Waals surface area contributed by atoms with Crippen molar-refractivity contribution in [3.05, 3.63) is 11.9 Å². The summed E-state index contributed by atoms with van der Waals surface area (Å²) in [6.07, 6.45) is 3.95. The minimum atomic E-state index is -0.203. The molecule has 2 unspecified atom stereocenters. The summed E-state index contributed by atoms with van der Waals surface area (Å²) in [4.78, 5) is 25.9. The molecule has 0 N–H and O–H groups in total. The summed E-state index contributed by atoms with van der Waals surface area (Å²) >= 11 is 0. The maximum absolute atomic E-state index is 12.5. The molecule has 0 aromatic carbocycles. The van der Waals surface area contributed by atoms with Crippen LogP contribution in [-0.2, 0) is 32.2 Å². The highest BCUT2D eigenvalue weighted by molar-refractivity contribution is 6.03. The molecule has 2 amide bonds. The molecule has 146 valence electrons. The summed E-state index contributed by atoms with van der Waals surface area (Å²) in [6.45, 7) is 9.28. The molecule has 0 aliphatic carbocycles. The third-order valence-corrected chi connectivity index (χ3v) is 4.70. The summed E-state index contributed by atoms with van der Waals surface area (Å²) in [5.74, 6) is -0.198. The van der Waals surface area contributed by atoms with Crippen LogP contribution in [0.25, 0.3) is 0 Å². The van der Waals surface area contributed by atoms with Crippen molar-refractivity contribution in [1.29, 1.82) is 0 Å². The third-order valence-electron chi connectivity index (χ3n) is 4.70. The highest BCUT2D eigenvalue weighted by Gasteiger charge is 2.40. The van der Waals surface area contributed by atoms with Gasteiger partial charge in [-0.05, 0) is 12.3 Å². The van der Waals surface area contributed by atoms with Crippen LogP contribution >= 0.6 is 0 Å². The predicted molar refractivity (Wildman–Crippen MR) is 95.1 cm³/mol. The molecule has 1 aromatic heterocycles. The molecule has 1 fully saturated rings. The number of rotatable bonds is 12. The number of ether oxygens (including phenoxy) is 2. The van der Waals surface area contributed by atoms with Gasteiger partial charge >= 0.3 is 0 Å². The zero-order valence-corrected chi connectivity index (χ0v) is 16.0. The van der Waals surface area contributed by atoms with Crippen LogP contribution in [0.3, 0.4) is 0 Å². The molecule has 1 aliphatic heterocycles. The second-order valence-electron chi connectivity index (χ2n) is 6.71. The van der Waals surface area contributed by atoms with Crippen molar-refractivity contribution in [3.63, 3.8) is 0 Å². The molecule has 2 rings (SSSR count). The Kier molecular flexibility index (Phi) is 8.18. The SMILES string of the molecule is CCCOCCOCCn1cc(CN2C(=O)CC(C(C)CC)C2=O)nn1. The highest BCUT2D eigenvalue weighted by atomic mass is 16.5. The van der Waals surface area contributed by atoms with Crippen LogP contribution in [0.15, 0.2) is 6.20 Å². The first-order valence-electron chi connectivity index (χ1n) is 9.45. The van der Waals surface area contributed by atoms with Gasteiger partial charge in [-0.15, -0.1) is 5.10 Å². The molecule has 26 heavy (non-hydrogen) atoms. The van der Waals surface area contributed by atoms with Crippen LogP contribution in [0.4, 0.5) is 0 Å². The zero-order valence-electron chi connectivity index (χ0n) is 16.0. The van der Waals surface area contributed by atoms with Gasteiger partial charge in [0.25, 0.3) is 0 Å². The van der Waals surface area contributed by atoms with Crippen molar-refractivity contribution >= 4 is 11.8 Å². The fourth-order valence-corrected chi connectivity index (χ4v) is 2.91. The van der Waals surface area contributed by atoms with Gasteiger partial charge in [0, 0.05) is 18.9 Å². The molecular weight excluding hydrogens is 336 g/mol. The fraction of sp³-hybridized carbons (Fsp3) is 0.778. The van der Waals surface area contributed by atoms with Gasteiger partial charge in [-0.3, -0.25) is 14.5 Å². The van der Waals surface area contributed by atoms with Crippen molar-refractivity contribution in [1.82, 2.24) is 19.9 Å². The summed E-state index contributed by atoms with van der Waals surface area (Å²) in [5.41, 5.74) is 0.614. The lowest BCUT2D eigenvalue weighted by molar-refractivity contribution is -0.140. The van der Waals surface area contributed by atoms with Gasteiger partial charge < -0.3 is 9.47 Å². The van der Waals surface area contributed by atoms with E-state index in [0.717, 1.165) is 19.4 Å². The van der Waals surface area contributed by atoms with E-state index in [0.29, 0.717) is 38.5 Å². The normalized spacial score (nSPS) is 18.7. The van der Waals surface area contributed by atoms with Gasteiger partial charge in [-0.25, -0.2) is 4.68 Å². The average Bonchev–Trinajstić information content (AvgIpc) is 3.20. The van der Waals surface area contributed by atoms with E-state index in [4.69, 9.17) is 9.47 Å². The summed E-state index contributed by atoms with van der Waals surface area (Å²) < 4.78 is 12.5. The lowest BCUT2D eigenvalue weighted by Gasteiger charge is -2.16. The van der Waals surface area contributed by atoms with Gasteiger partial charge in [0.1, 0.15) is 5.69 Å². The third kappa shape index (κ3) is 5.60. The number of hydrogen-bond acceptors (Lipinski definition) is 6. The van der Waals surface area contributed by atoms with E-state index in [1.165, 1.54) is 4.90 Å². The van der Waals surface area contributed by atoms with E-state index in [1.54, 1.807) is 10.9 Å². The minimum Gasteiger partial charge on any atom is -0.379 e. The molecule has 2 heterocycles. The van der Waals surface area contributed by atoms with Crippen molar-refractivity contribution in [3.8, 4) is 0 Å². The lowest BCUT2D eigenvalue weighted by atomic mass is 9.90. The second-order valence-corrected chi connectivity index (χ2v) is 6.71. The van der Waals surface area contributed by atoms with Gasteiger partial charge in [0.15, 0.2) is 0 Å². The fourth-order valence-electron chi connectivity index (χ4n) is 2.91. The smallest absolute Gasteiger partial charge is 0.233 e. The molecule has 0 saturated carbocycles. The Morgan fingerprint density at radius 1 is 1.19 bits per heavy atom. The number of imide groups is 1. The van der Waals surface area contributed by atoms with Crippen molar-refractivity contribution < 1.29 is 19.1 Å². The minimum absolute atomic E-state index is 0.0886. The van der Waals surface area contributed by atoms with Crippen molar-refractivity contribution in [2.45, 2.75) is 53.1 Å². The highest BCUT2D eigenvalue weighted by Crippen LogP contribution is 2.29. The van der Waals surface area contributed by atoms with Crippen LogP contribution in [0.2, 0.25) is 0 Å². The Morgan fingerprint density at radius 3 is 2.62 bits per heavy atom. The van der Waals surface area contributed by atoms with Crippen LogP contribution in [0.5, 0.6) is 0 Å². The Morgan fingerprint density at radius 2 is 1.92 bits per heavy atom. The number of likely N-dealkylation sites (tertiary alicyclic amines) is 1. The predicted octanol–water partition coefficient (Wildman–Crippen LogP) is 1.64. The Balaban J connectivity index is 1.76. The molecule has 8 heteroatoms. The second kappa shape index (κ2) is 10.4. The maximum Gasteiger partial charge on any atom is 0.233 e. The average molecular weight is 366 g/mol. The summed E-state index contributed by atoms with van der Waals surface area (Å²) in [7, 11) is 0. The molecule has 0 radical (unpaired) electrons. The van der Waals surface area contributed by atoms with E-state index in [2.05, 4.69) is 17.2 Å². The number of carbonyl (C=O) groups excluding carboxylic acids is 2. The molecule has 1 saturated heterocycles. The van der Waals surface area contributed by atoms with Crippen molar-refractivity contribution in [2.75, 3.05) is 26.4 Å². The topological polar surface area (TPSA) is 86.5 Å². The quantitative estimate of drug-likeness (QED) is 0.413. The Hall–Kier alpha value is -1.80. The van der Waals surface area contributed by atoms with Gasteiger partial charge in [0.2, 0.25) is 11.8 Å². The molecular formula is C18H30N4O4. The number of nitrogens with zero attached hydrogens (tertiary/aromatic N) is 4. The van der Waals surface area contributed by atoms with Crippen LogP contribution in [0.1, 0.15) is 45.7 Å². The van der Waals surface area contributed by atoms with E-state index < -0.39 is 0 Å². The lowest BCUT2D eigenvalue weighted by Crippen LogP contribution is -2.31. The number of hydrogen-bond donors (Lipinski definition) is 0. The maximum atomic E-state index is 12.5. The molecule has 0 bridgehead atoms. The first-order valence-corrected chi connectivity index (χ1v) is 9.45. The van der Waals surface area contributed by atoms with Crippen LogP contribution in [-0.4, -0.2) is 58.1 Å². The van der Waals surface area contributed by atoms with E-state index in [1.807, 2.05) is 13.8 Å². The Labute approximate surface area is 154 Å². The Bertz CT molecular complexity index is 590. The van der Waals surface area contributed by atoms with Gasteiger partial charge in [0.05, 0.1) is 39.1 Å². The zero-order chi connectivity index (χ0) is 18.9. The molecule has 2 atom stereocenters. The monoisotopic (exact) mass is 366 g/mol. The van der Waals surface area contributed by atoms with Crippen LogP contribution in [0, 0.1) is 11.8 Å². The van der Waals surface area contributed by atoms with Crippen molar-refractivity contribution in [2.24, 2.45) is 11.8 Å². The van der Waals surface area contributed by atoms with E-state index in [9.17, 15) is 9.59 Å². The molecule has 1 aromatic rings. The van der Waals surface area contributed by atoms with E-state index in [-0.39, 0.29) is 30.2 Å². The van der Waals surface area contributed by atoms with Gasteiger partial charge in [-0.1, -0.05) is 32.4 Å². The number of carbonyl (C=O) groups is 2. The summed E-state index contributed by atoms with van der Waals surface area (Å²) in [5, 5.41) is 8.10. The number of aromatic nitrogens is 3. The van der Waals surface area contributed by atoms with Crippen LogP contribution < -0.4 is 0 Å². The van der Waals surface area contributed by atoms with E-state index >= 15 is 0 Å².